The van der Waals surface area contributed by atoms with Crippen molar-refractivity contribution in [2.75, 3.05) is 7.11 Å². The van der Waals surface area contributed by atoms with Gasteiger partial charge in [0, 0.05) is 6.42 Å². The maximum atomic E-state index is 11.1. The molecule has 0 saturated carbocycles. The predicted octanol–water partition coefficient (Wildman–Crippen LogP) is 3.95. The van der Waals surface area contributed by atoms with Gasteiger partial charge < -0.3 is 4.74 Å². The summed E-state index contributed by atoms with van der Waals surface area (Å²) in [7, 11) is 1.43. The molecule has 0 aliphatic carbocycles. The van der Waals surface area contributed by atoms with Crippen LogP contribution in [-0.4, -0.2) is 13.1 Å². The number of benzene rings is 1. The Morgan fingerprint density at radius 1 is 1.33 bits per heavy atom. The molecule has 0 unspecified atom stereocenters. The van der Waals surface area contributed by atoms with Crippen LogP contribution in [0, 0.1) is 0 Å². The molecular weight excluding hydrogens is 224 g/mol. The molecule has 0 aliphatic heterocycles. The highest BCUT2D eigenvalue weighted by molar-refractivity contribution is 5.69. The molecule has 0 radical (unpaired) electrons. The van der Waals surface area contributed by atoms with E-state index in [4.69, 9.17) is 0 Å². The third-order valence-electron chi connectivity index (χ3n) is 3.34. The largest absolute Gasteiger partial charge is 0.469 e. The van der Waals surface area contributed by atoms with Gasteiger partial charge in [-0.15, -0.1) is 0 Å². The highest BCUT2D eigenvalue weighted by atomic mass is 16.5. The Morgan fingerprint density at radius 2 is 1.94 bits per heavy atom. The summed E-state index contributed by atoms with van der Waals surface area (Å²) >= 11 is 0. The first-order valence-corrected chi connectivity index (χ1v) is 6.29. The van der Waals surface area contributed by atoms with E-state index in [0.29, 0.717) is 6.42 Å². The summed E-state index contributed by atoms with van der Waals surface area (Å²) in [6.07, 6.45) is 4.15. The lowest BCUT2D eigenvalue weighted by Crippen LogP contribution is -2.17. The molecule has 0 atom stereocenters. The molecule has 0 saturated heterocycles. The zero-order chi connectivity index (χ0) is 13.6. The van der Waals surface area contributed by atoms with Crippen molar-refractivity contribution in [2.45, 2.75) is 38.5 Å². The molecule has 2 nitrogen and oxygen atoms in total. The fourth-order valence-electron chi connectivity index (χ4n) is 1.99. The van der Waals surface area contributed by atoms with Crippen molar-refractivity contribution >= 4 is 12.0 Å². The van der Waals surface area contributed by atoms with Crippen molar-refractivity contribution in [1.82, 2.24) is 0 Å². The number of carbonyl (C=O) groups excluding carboxylic acids is 1. The minimum absolute atomic E-state index is 0.0771. The van der Waals surface area contributed by atoms with Gasteiger partial charge in [-0.3, -0.25) is 4.79 Å². The molecule has 0 amide bonds. The third-order valence-corrected chi connectivity index (χ3v) is 3.34. The normalized spacial score (nSPS) is 11.1. The van der Waals surface area contributed by atoms with E-state index in [2.05, 4.69) is 49.4 Å². The molecule has 1 aromatic rings. The smallest absolute Gasteiger partial charge is 0.305 e. The molecule has 1 rings (SSSR count). The number of rotatable bonds is 6. The summed E-state index contributed by atoms with van der Waals surface area (Å²) in [6, 6.07) is 8.42. The lowest BCUT2D eigenvalue weighted by Gasteiger charge is -2.25. The van der Waals surface area contributed by atoms with Crippen molar-refractivity contribution in [3.8, 4) is 0 Å². The molecule has 0 spiro atoms. The lowest BCUT2D eigenvalue weighted by molar-refractivity contribution is -0.140. The Bertz CT molecular complexity index is 402. The Labute approximate surface area is 110 Å². The van der Waals surface area contributed by atoms with Crippen LogP contribution in [0.1, 0.15) is 44.2 Å². The Kier molecular flexibility index (Phi) is 5.14. The molecule has 0 aliphatic rings. The van der Waals surface area contributed by atoms with E-state index in [1.807, 2.05) is 6.08 Å². The fraction of sp³-hybridized carbons (Fsp3) is 0.438. The first kappa shape index (κ1) is 14.5. The average Bonchev–Trinajstić information content (AvgIpc) is 2.38. The van der Waals surface area contributed by atoms with E-state index in [1.54, 1.807) is 0 Å². The van der Waals surface area contributed by atoms with Gasteiger partial charge in [0.25, 0.3) is 0 Å². The summed E-state index contributed by atoms with van der Waals surface area (Å²) < 4.78 is 4.65. The van der Waals surface area contributed by atoms with E-state index in [1.165, 1.54) is 12.7 Å². The minimum atomic E-state index is -0.132. The Balaban J connectivity index is 2.61. The number of ether oxygens (including phenoxy) is 1. The molecule has 0 aromatic heterocycles. The number of hydrogen-bond donors (Lipinski definition) is 0. The van der Waals surface area contributed by atoms with E-state index < -0.39 is 0 Å². The van der Waals surface area contributed by atoms with Crippen molar-refractivity contribution < 1.29 is 9.53 Å². The second-order valence-corrected chi connectivity index (χ2v) is 5.14. The number of esters is 1. The van der Waals surface area contributed by atoms with Gasteiger partial charge in [0.2, 0.25) is 0 Å². The highest BCUT2D eigenvalue weighted by Crippen LogP contribution is 2.29. The Hall–Kier alpha value is -1.57. The van der Waals surface area contributed by atoms with Crippen molar-refractivity contribution in [3.63, 3.8) is 0 Å². The monoisotopic (exact) mass is 246 g/mol. The second kappa shape index (κ2) is 6.39. The van der Waals surface area contributed by atoms with Crippen LogP contribution < -0.4 is 0 Å². The lowest BCUT2D eigenvalue weighted by atomic mass is 9.80. The first-order chi connectivity index (χ1) is 8.49. The topological polar surface area (TPSA) is 26.3 Å². The van der Waals surface area contributed by atoms with Gasteiger partial charge in [-0.2, -0.15) is 0 Å². The van der Waals surface area contributed by atoms with Gasteiger partial charge in [0.05, 0.1) is 7.11 Å². The van der Waals surface area contributed by atoms with Gasteiger partial charge in [-0.1, -0.05) is 50.8 Å². The number of hydrogen-bond acceptors (Lipinski definition) is 2. The predicted molar refractivity (Wildman–Crippen MR) is 75.4 cm³/mol. The van der Waals surface area contributed by atoms with Gasteiger partial charge in [0.15, 0.2) is 0 Å². The zero-order valence-corrected chi connectivity index (χ0v) is 11.5. The summed E-state index contributed by atoms with van der Waals surface area (Å²) in [5.41, 5.74) is 2.50. The second-order valence-electron chi connectivity index (χ2n) is 5.14. The molecular formula is C16H22O2. The Morgan fingerprint density at radius 3 is 2.44 bits per heavy atom. The SMILES string of the molecule is C=Cc1ccc(C(C)(C)CCCC(=O)OC)cc1. The van der Waals surface area contributed by atoms with Gasteiger partial charge >= 0.3 is 5.97 Å². The molecule has 2 heteroatoms. The van der Waals surface area contributed by atoms with E-state index in [9.17, 15) is 4.79 Å². The summed E-state index contributed by atoms with van der Waals surface area (Å²) in [5.74, 6) is -0.132. The summed E-state index contributed by atoms with van der Waals surface area (Å²) in [4.78, 5) is 11.1. The van der Waals surface area contributed by atoms with Crippen LogP contribution in [-0.2, 0) is 14.9 Å². The summed E-state index contributed by atoms with van der Waals surface area (Å²) in [6.45, 7) is 8.15. The van der Waals surface area contributed by atoms with Crippen LogP contribution in [0.3, 0.4) is 0 Å². The molecule has 98 valence electrons. The van der Waals surface area contributed by atoms with E-state index in [-0.39, 0.29) is 11.4 Å². The fourth-order valence-corrected chi connectivity index (χ4v) is 1.99. The van der Waals surface area contributed by atoms with Crippen molar-refractivity contribution in [3.05, 3.63) is 42.0 Å². The molecule has 0 fully saturated rings. The van der Waals surface area contributed by atoms with Crippen LogP contribution in [0.5, 0.6) is 0 Å². The maximum Gasteiger partial charge on any atom is 0.305 e. The first-order valence-electron chi connectivity index (χ1n) is 6.29. The minimum Gasteiger partial charge on any atom is -0.469 e. The molecule has 1 aromatic carbocycles. The van der Waals surface area contributed by atoms with Crippen molar-refractivity contribution in [1.29, 1.82) is 0 Å². The zero-order valence-electron chi connectivity index (χ0n) is 11.5. The highest BCUT2D eigenvalue weighted by Gasteiger charge is 2.20. The van der Waals surface area contributed by atoms with Crippen LogP contribution in [0.4, 0.5) is 0 Å². The van der Waals surface area contributed by atoms with Gasteiger partial charge in [-0.05, 0) is 29.4 Å². The van der Waals surface area contributed by atoms with Crippen LogP contribution in [0.15, 0.2) is 30.8 Å². The van der Waals surface area contributed by atoms with Gasteiger partial charge in [0.1, 0.15) is 0 Å². The van der Waals surface area contributed by atoms with E-state index in [0.717, 1.165) is 18.4 Å². The molecule has 0 bridgehead atoms. The molecule has 18 heavy (non-hydrogen) atoms. The van der Waals surface area contributed by atoms with E-state index >= 15 is 0 Å². The van der Waals surface area contributed by atoms with Gasteiger partial charge in [-0.25, -0.2) is 0 Å². The van der Waals surface area contributed by atoms with Crippen molar-refractivity contribution in [2.24, 2.45) is 0 Å². The molecule has 0 heterocycles. The molecule has 0 N–H and O–H groups in total. The quantitative estimate of drug-likeness (QED) is 0.710. The third kappa shape index (κ3) is 4.02. The maximum absolute atomic E-state index is 11.1. The summed E-state index contributed by atoms with van der Waals surface area (Å²) in [5, 5.41) is 0. The van der Waals surface area contributed by atoms with Crippen LogP contribution in [0.25, 0.3) is 6.08 Å². The number of carbonyl (C=O) groups is 1. The van der Waals surface area contributed by atoms with Crippen LogP contribution >= 0.6 is 0 Å². The van der Waals surface area contributed by atoms with Crippen LogP contribution in [0.2, 0.25) is 0 Å². The standard InChI is InChI=1S/C16H22O2/c1-5-13-8-10-14(11-9-13)16(2,3)12-6-7-15(17)18-4/h5,8-11H,1,6-7,12H2,2-4H3. The average molecular weight is 246 g/mol. The number of methoxy groups -OCH3 is 1.